The Morgan fingerprint density at radius 2 is 1.94 bits per heavy atom. The van der Waals surface area contributed by atoms with Crippen molar-refractivity contribution in [3.63, 3.8) is 0 Å². The third kappa shape index (κ3) is 1.91. The van der Waals surface area contributed by atoms with Crippen LogP contribution in [0, 0.1) is 5.82 Å². The average Bonchev–Trinajstić information content (AvgIpc) is 2.69. The van der Waals surface area contributed by atoms with Crippen LogP contribution in [0.15, 0.2) is 36.7 Å². The standard InChI is InChI=1S/C10H6F4N2/c11-8-6-7(10(12,13)14)2-3-9(8)16-5-1-4-15-16/h1-6H. The van der Waals surface area contributed by atoms with Gasteiger partial charge < -0.3 is 0 Å². The number of aromatic nitrogens is 2. The molecule has 16 heavy (non-hydrogen) atoms. The van der Waals surface area contributed by atoms with Crippen LogP contribution in [0.25, 0.3) is 5.69 Å². The molecule has 0 unspecified atom stereocenters. The van der Waals surface area contributed by atoms with Gasteiger partial charge in [-0.3, -0.25) is 0 Å². The highest BCUT2D eigenvalue weighted by atomic mass is 19.4. The predicted molar refractivity (Wildman–Crippen MR) is 48.5 cm³/mol. The minimum atomic E-state index is -4.54. The normalized spacial score (nSPS) is 11.8. The van der Waals surface area contributed by atoms with Crippen LogP contribution in [-0.4, -0.2) is 9.78 Å². The molecule has 0 aliphatic heterocycles. The first-order chi connectivity index (χ1) is 7.48. The van der Waals surface area contributed by atoms with Crippen molar-refractivity contribution >= 4 is 0 Å². The molecule has 0 N–H and O–H groups in total. The number of nitrogens with zero attached hydrogens (tertiary/aromatic N) is 2. The van der Waals surface area contributed by atoms with Gasteiger partial charge in [0, 0.05) is 12.4 Å². The lowest BCUT2D eigenvalue weighted by atomic mass is 10.2. The number of benzene rings is 1. The summed E-state index contributed by atoms with van der Waals surface area (Å²) >= 11 is 0. The molecule has 1 aromatic carbocycles. The maximum Gasteiger partial charge on any atom is 0.416 e. The van der Waals surface area contributed by atoms with Gasteiger partial charge in [0.2, 0.25) is 0 Å². The number of hydrogen-bond donors (Lipinski definition) is 0. The van der Waals surface area contributed by atoms with Gasteiger partial charge in [0.05, 0.1) is 5.56 Å². The number of halogens is 4. The third-order valence-electron chi connectivity index (χ3n) is 2.03. The van der Waals surface area contributed by atoms with E-state index in [1.165, 1.54) is 12.4 Å². The van der Waals surface area contributed by atoms with Crippen molar-refractivity contribution in [2.75, 3.05) is 0 Å². The van der Waals surface area contributed by atoms with E-state index in [1.54, 1.807) is 6.07 Å². The van der Waals surface area contributed by atoms with Crippen molar-refractivity contribution in [3.8, 4) is 5.69 Å². The molecular formula is C10H6F4N2. The van der Waals surface area contributed by atoms with Gasteiger partial charge in [-0.05, 0) is 24.3 Å². The van der Waals surface area contributed by atoms with Crippen LogP contribution in [-0.2, 0) is 6.18 Å². The first-order valence-electron chi connectivity index (χ1n) is 4.35. The van der Waals surface area contributed by atoms with E-state index < -0.39 is 17.6 Å². The second-order valence-corrected chi connectivity index (χ2v) is 3.11. The summed E-state index contributed by atoms with van der Waals surface area (Å²) in [7, 11) is 0. The molecule has 0 atom stereocenters. The molecule has 0 aliphatic carbocycles. The zero-order chi connectivity index (χ0) is 11.8. The van der Waals surface area contributed by atoms with Crippen molar-refractivity contribution in [2.24, 2.45) is 0 Å². The van der Waals surface area contributed by atoms with Gasteiger partial charge in [-0.25, -0.2) is 9.07 Å². The largest absolute Gasteiger partial charge is 0.416 e. The minimum Gasteiger partial charge on any atom is -0.238 e. The molecule has 84 valence electrons. The van der Waals surface area contributed by atoms with Crippen LogP contribution >= 0.6 is 0 Å². The van der Waals surface area contributed by atoms with Crippen LogP contribution in [0.5, 0.6) is 0 Å². The second-order valence-electron chi connectivity index (χ2n) is 3.11. The van der Waals surface area contributed by atoms with Gasteiger partial charge in [-0.1, -0.05) is 0 Å². The van der Waals surface area contributed by atoms with E-state index in [0.29, 0.717) is 6.07 Å². The van der Waals surface area contributed by atoms with Crippen LogP contribution in [0.1, 0.15) is 5.56 Å². The van der Waals surface area contributed by atoms with E-state index in [9.17, 15) is 17.6 Å². The van der Waals surface area contributed by atoms with Gasteiger partial charge in [-0.2, -0.15) is 18.3 Å². The first kappa shape index (κ1) is 10.7. The third-order valence-corrected chi connectivity index (χ3v) is 2.03. The Kier molecular flexibility index (Phi) is 2.41. The van der Waals surface area contributed by atoms with Crippen LogP contribution in [0.2, 0.25) is 0 Å². The molecule has 0 saturated carbocycles. The highest BCUT2D eigenvalue weighted by Crippen LogP contribution is 2.30. The van der Waals surface area contributed by atoms with Crippen LogP contribution in [0.3, 0.4) is 0 Å². The van der Waals surface area contributed by atoms with E-state index in [1.807, 2.05) is 0 Å². The van der Waals surface area contributed by atoms with Crippen LogP contribution in [0.4, 0.5) is 17.6 Å². The smallest absolute Gasteiger partial charge is 0.238 e. The topological polar surface area (TPSA) is 17.8 Å². The molecule has 2 aromatic rings. The maximum atomic E-state index is 13.4. The zero-order valence-electron chi connectivity index (χ0n) is 7.87. The van der Waals surface area contributed by atoms with Crippen molar-refractivity contribution in [3.05, 3.63) is 48.0 Å². The molecule has 2 nitrogen and oxygen atoms in total. The van der Waals surface area contributed by atoms with Gasteiger partial charge >= 0.3 is 6.18 Å². The van der Waals surface area contributed by atoms with Gasteiger partial charge in [0.25, 0.3) is 0 Å². The Labute approximate surface area is 88.1 Å². The van der Waals surface area contributed by atoms with Crippen molar-refractivity contribution < 1.29 is 17.6 Å². The summed E-state index contributed by atoms with van der Waals surface area (Å²) in [4.78, 5) is 0. The van der Waals surface area contributed by atoms with Gasteiger partial charge in [0.15, 0.2) is 0 Å². The molecule has 0 spiro atoms. The summed E-state index contributed by atoms with van der Waals surface area (Å²) < 4.78 is 51.3. The van der Waals surface area contributed by atoms with E-state index in [4.69, 9.17) is 0 Å². The summed E-state index contributed by atoms with van der Waals surface area (Å²) in [5.41, 5.74) is -1.03. The Balaban J connectivity index is 2.46. The Hall–Kier alpha value is -1.85. The van der Waals surface area contributed by atoms with Crippen molar-refractivity contribution in [1.82, 2.24) is 9.78 Å². The molecule has 0 saturated heterocycles. The number of alkyl halides is 3. The molecule has 0 fully saturated rings. The van der Waals surface area contributed by atoms with Crippen molar-refractivity contribution in [1.29, 1.82) is 0 Å². The van der Waals surface area contributed by atoms with Gasteiger partial charge in [0.1, 0.15) is 11.5 Å². The fourth-order valence-corrected chi connectivity index (χ4v) is 1.28. The Morgan fingerprint density at radius 1 is 1.19 bits per heavy atom. The molecule has 0 amide bonds. The highest BCUT2D eigenvalue weighted by Gasteiger charge is 2.31. The number of rotatable bonds is 1. The summed E-state index contributed by atoms with van der Waals surface area (Å²) in [5, 5.41) is 3.73. The summed E-state index contributed by atoms with van der Waals surface area (Å²) in [6.45, 7) is 0. The summed E-state index contributed by atoms with van der Waals surface area (Å²) in [6, 6.07) is 3.87. The molecule has 6 heteroatoms. The lowest BCUT2D eigenvalue weighted by Gasteiger charge is -2.08. The minimum absolute atomic E-state index is 0.0157. The molecule has 0 bridgehead atoms. The highest BCUT2D eigenvalue weighted by molar-refractivity contribution is 5.36. The van der Waals surface area contributed by atoms with Crippen LogP contribution < -0.4 is 0 Å². The summed E-state index contributed by atoms with van der Waals surface area (Å²) in [6.07, 6.45) is -1.67. The quantitative estimate of drug-likeness (QED) is 0.688. The van der Waals surface area contributed by atoms with E-state index >= 15 is 0 Å². The molecular weight excluding hydrogens is 224 g/mol. The molecule has 0 radical (unpaired) electrons. The lowest BCUT2D eigenvalue weighted by Crippen LogP contribution is -2.07. The maximum absolute atomic E-state index is 13.4. The number of hydrogen-bond acceptors (Lipinski definition) is 1. The van der Waals surface area contributed by atoms with E-state index in [-0.39, 0.29) is 5.69 Å². The molecule has 0 aliphatic rings. The molecule has 1 aromatic heterocycles. The SMILES string of the molecule is Fc1cc(C(F)(F)F)ccc1-n1cccn1. The zero-order valence-corrected chi connectivity index (χ0v) is 7.87. The second kappa shape index (κ2) is 3.62. The monoisotopic (exact) mass is 230 g/mol. The van der Waals surface area contributed by atoms with Gasteiger partial charge in [-0.15, -0.1) is 0 Å². The Bertz CT molecular complexity index is 488. The van der Waals surface area contributed by atoms with E-state index in [2.05, 4.69) is 5.10 Å². The average molecular weight is 230 g/mol. The Morgan fingerprint density at radius 3 is 2.44 bits per heavy atom. The predicted octanol–water partition coefficient (Wildman–Crippen LogP) is 3.03. The molecule has 1 heterocycles. The van der Waals surface area contributed by atoms with Crippen molar-refractivity contribution in [2.45, 2.75) is 6.18 Å². The molecule has 2 rings (SSSR count). The fraction of sp³-hybridized carbons (Fsp3) is 0.100. The summed E-state index contributed by atoms with van der Waals surface area (Å²) in [5.74, 6) is -0.960. The van der Waals surface area contributed by atoms with E-state index in [0.717, 1.165) is 16.8 Å². The fourth-order valence-electron chi connectivity index (χ4n) is 1.28. The first-order valence-corrected chi connectivity index (χ1v) is 4.35. The lowest BCUT2D eigenvalue weighted by molar-refractivity contribution is -0.137.